The van der Waals surface area contributed by atoms with Gasteiger partial charge in [0.05, 0.1) is 29.2 Å². The number of fused-ring (bicyclic) bond motifs is 1. The summed E-state index contributed by atoms with van der Waals surface area (Å²) in [6.07, 6.45) is -2.61. The highest BCUT2D eigenvalue weighted by Crippen LogP contribution is 2.36. The number of rotatable bonds is 2. The van der Waals surface area contributed by atoms with Crippen LogP contribution in [0.5, 0.6) is 0 Å². The molecule has 3 aromatic rings. The van der Waals surface area contributed by atoms with Crippen LogP contribution in [0.3, 0.4) is 0 Å². The Labute approximate surface area is 122 Å². The molecule has 0 amide bonds. The zero-order valence-electron chi connectivity index (χ0n) is 11.0. The Balaban J connectivity index is 2.35. The van der Waals surface area contributed by atoms with Crippen LogP contribution in [0, 0.1) is 0 Å². The summed E-state index contributed by atoms with van der Waals surface area (Å²) in [7, 11) is 0. The molecule has 0 unspecified atom stereocenters. The molecule has 22 heavy (non-hydrogen) atoms. The van der Waals surface area contributed by atoms with Crippen LogP contribution in [0.25, 0.3) is 22.3 Å². The number of aromatic nitrogens is 4. The van der Waals surface area contributed by atoms with Crippen molar-refractivity contribution in [2.24, 2.45) is 0 Å². The summed E-state index contributed by atoms with van der Waals surface area (Å²) < 4.78 is 40.7. The van der Waals surface area contributed by atoms with Crippen LogP contribution in [0.1, 0.15) is 11.3 Å². The molecule has 112 valence electrons. The lowest BCUT2D eigenvalue weighted by atomic mass is 10.2. The second-order valence-electron chi connectivity index (χ2n) is 4.51. The maximum Gasteiger partial charge on any atom is 0.434 e. The smallest absolute Gasteiger partial charge is 0.434 e. The number of alkyl halides is 3. The summed E-state index contributed by atoms with van der Waals surface area (Å²) in [5, 5.41) is 21.1. The summed E-state index contributed by atoms with van der Waals surface area (Å²) in [6, 6.07) is 6.63. The van der Waals surface area contributed by atoms with Crippen LogP contribution in [-0.2, 0) is 6.18 Å². The first-order chi connectivity index (χ1) is 10.4. The van der Waals surface area contributed by atoms with Crippen LogP contribution in [0.15, 0.2) is 43.2 Å². The third-order valence-corrected chi connectivity index (χ3v) is 3.10. The molecule has 0 aliphatic rings. The van der Waals surface area contributed by atoms with E-state index >= 15 is 0 Å². The highest BCUT2D eigenvalue weighted by Gasteiger charge is 2.39. The quantitative estimate of drug-likeness (QED) is 0.737. The van der Waals surface area contributed by atoms with E-state index in [9.17, 15) is 18.3 Å². The van der Waals surface area contributed by atoms with Gasteiger partial charge in [0, 0.05) is 5.39 Å². The average Bonchev–Trinajstić information content (AvgIpc) is 2.91. The van der Waals surface area contributed by atoms with Gasteiger partial charge in [0.2, 0.25) is 0 Å². The molecule has 0 aliphatic heterocycles. The zero-order valence-corrected chi connectivity index (χ0v) is 11.0. The van der Waals surface area contributed by atoms with Gasteiger partial charge in [-0.2, -0.15) is 28.5 Å². The molecular formula is C14H9F3N4O. The molecule has 2 aromatic heterocycles. The predicted octanol–water partition coefficient (Wildman–Crippen LogP) is 3.36. The lowest BCUT2D eigenvalue weighted by Gasteiger charge is -2.13. The molecule has 2 heterocycles. The van der Waals surface area contributed by atoms with Crippen molar-refractivity contribution < 1.29 is 18.3 Å². The van der Waals surface area contributed by atoms with Crippen molar-refractivity contribution in [3.63, 3.8) is 0 Å². The molecule has 0 fully saturated rings. The van der Waals surface area contributed by atoms with Crippen molar-refractivity contribution in [3.05, 3.63) is 54.5 Å². The molecule has 0 saturated carbocycles. The number of aliphatic hydroxyl groups excluding tert-OH is 1. The van der Waals surface area contributed by atoms with Gasteiger partial charge in [-0.1, -0.05) is 24.8 Å². The zero-order chi connectivity index (χ0) is 15.9. The van der Waals surface area contributed by atoms with Gasteiger partial charge in [-0.15, -0.1) is 0 Å². The number of nitrogens with zero attached hydrogens (tertiary/aromatic N) is 4. The number of hydrogen-bond acceptors (Lipinski definition) is 4. The highest BCUT2D eigenvalue weighted by atomic mass is 19.4. The number of hydrogen-bond donors (Lipinski definition) is 1. The van der Waals surface area contributed by atoms with Crippen molar-refractivity contribution in [1.29, 1.82) is 0 Å². The van der Waals surface area contributed by atoms with Crippen LogP contribution < -0.4 is 0 Å². The fourth-order valence-electron chi connectivity index (χ4n) is 2.18. The highest BCUT2D eigenvalue weighted by molar-refractivity contribution is 5.86. The average molecular weight is 306 g/mol. The first-order valence-corrected chi connectivity index (χ1v) is 6.14. The normalized spacial score (nSPS) is 11.8. The predicted molar refractivity (Wildman–Crippen MR) is 73.3 cm³/mol. The summed E-state index contributed by atoms with van der Waals surface area (Å²) in [5.41, 5.74) is -1.04. The minimum atomic E-state index is -4.72. The Kier molecular flexibility index (Phi) is 3.09. The fourth-order valence-corrected chi connectivity index (χ4v) is 2.18. The van der Waals surface area contributed by atoms with Crippen molar-refractivity contribution in [2.45, 2.75) is 6.18 Å². The van der Waals surface area contributed by atoms with Crippen molar-refractivity contribution in [1.82, 2.24) is 20.0 Å². The summed E-state index contributed by atoms with van der Waals surface area (Å²) in [6.45, 7) is 3.14. The molecule has 0 bridgehead atoms. The monoisotopic (exact) mass is 306 g/mol. The van der Waals surface area contributed by atoms with E-state index in [-0.39, 0.29) is 5.69 Å². The van der Waals surface area contributed by atoms with E-state index in [0.717, 1.165) is 6.20 Å². The molecule has 1 aromatic carbocycles. The molecule has 0 radical (unpaired) electrons. The van der Waals surface area contributed by atoms with E-state index in [1.54, 1.807) is 24.3 Å². The van der Waals surface area contributed by atoms with Gasteiger partial charge in [0.25, 0.3) is 0 Å². The van der Waals surface area contributed by atoms with Crippen molar-refractivity contribution in [3.8, 4) is 5.69 Å². The van der Waals surface area contributed by atoms with Gasteiger partial charge in [0.15, 0.2) is 5.69 Å². The molecular weight excluding hydrogens is 297 g/mol. The molecule has 0 saturated heterocycles. The van der Waals surface area contributed by atoms with Crippen LogP contribution in [0.2, 0.25) is 0 Å². The largest absolute Gasteiger partial charge is 0.508 e. The van der Waals surface area contributed by atoms with Crippen molar-refractivity contribution >= 4 is 16.7 Å². The Morgan fingerprint density at radius 1 is 1.18 bits per heavy atom. The number of halogens is 3. The van der Waals surface area contributed by atoms with E-state index in [1.807, 2.05) is 0 Å². The van der Waals surface area contributed by atoms with E-state index in [2.05, 4.69) is 21.9 Å². The van der Waals surface area contributed by atoms with Gasteiger partial charge in [-0.3, -0.25) is 0 Å². The molecule has 0 atom stereocenters. The summed E-state index contributed by atoms with van der Waals surface area (Å²) in [5.74, 6) is -0.704. The second-order valence-corrected chi connectivity index (χ2v) is 4.51. The fraction of sp³-hybridized carbons (Fsp3) is 0.0714. The van der Waals surface area contributed by atoms with Crippen molar-refractivity contribution in [2.75, 3.05) is 0 Å². The second kappa shape index (κ2) is 4.83. The van der Waals surface area contributed by atoms with E-state index in [4.69, 9.17) is 0 Å². The Bertz CT molecular complexity index is 865. The third-order valence-electron chi connectivity index (χ3n) is 3.10. The third kappa shape index (κ3) is 2.18. The molecule has 8 heteroatoms. The van der Waals surface area contributed by atoms with Gasteiger partial charge >= 0.3 is 6.18 Å². The minimum Gasteiger partial charge on any atom is -0.508 e. The summed E-state index contributed by atoms with van der Waals surface area (Å²) in [4.78, 5) is 0. The Hall–Kier alpha value is -2.90. The van der Waals surface area contributed by atoms with Gasteiger partial charge in [0.1, 0.15) is 5.76 Å². The molecule has 5 nitrogen and oxygen atoms in total. The Morgan fingerprint density at radius 3 is 2.59 bits per heavy atom. The van der Waals surface area contributed by atoms with Gasteiger partial charge in [-0.25, -0.2) is 4.68 Å². The topological polar surface area (TPSA) is 63.8 Å². The first-order valence-electron chi connectivity index (χ1n) is 6.14. The lowest BCUT2D eigenvalue weighted by molar-refractivity contribution is -0.143. The van der Waals surface area contributed by atoms with E-state index < -0.39 is 23.2 Å². The maximum atomic E-state index is 13.3. The summed E-state index contributed by atoms with van der Waals surface area (Å²) >= 11 is 0. The standard InChI is InChI=1S/C14H9F3N4O/c1-8(22)10-6-19-21(13(10)14(15,16)17)12-7-18-20-11-5-3-2-4-9(11)12/h2-7,22H,1H2. The minimum absolute atomic E-state index is 0.116. The van der Waals surface area contributed by atoms with E-state index in [0.29, 0.717) is 15.6 Å². The first kappa shape index (κ1) is 14.1. The van der Waals surface area contributed by atoms with Gasteiger partial charge in [-0.05, 0) is 6.07 Å². The molecule has 0 aliphatic carbocycles. The number of benzene rings is 1. The Morgan fingerprint density at radius 2 is 1.91 bits per heavy atom. The van der Waals surface area contributed by atoms with Crippen LogP contribution in [0.4, 0.5) is 13.2 Å². The van der Waals surface area contributed by atoms with Crippen LogP contribution >= 0.6 is 0 Å². The maximum absolute atomic E-state index is 13.3. The van der Waals surface area contributed by atoms with Crippen LogP contribution in [-0.4, -0.2) is 25.1 Å². The lowest BCUT2D eigenvalue weighted by Crippen LogP contribution is -2.16. The van der Waals surface area contributed by atoms with E-state index in [1.165, 1.54) is 6.20 Å². The van der Waals surface area contributed by atoms with Gasteiger partial charge < -0.3 is 5.11 Å². The SMILES string of the molecule is C=C(O)c1cnn(-c2cnnc3ccccc23)c1C(F)(F)F. The number of aliphatic hydroxyl groups is 1. The molecule has 1 N–H and O–H groups in total. The molecule has 3 rings (SSSR count). The molecule has 0 spiro atoms.